The van der Waals surface area contributed by atoms with Crippen LogP contribution >= 0.6 is 0 Å². The fourth-order valence-electron chi connectivity index (χ4n) is 2.86. The van der Waals surface area contributed by atoms with E-state index in [2.05, 4.69) is 17.1 Å². The van der Waals surface area contributed by atoms with Crippen molar-refractivity contribution in [2.45, 2.75) is 31.9 Å². The largest absolute Gasteiger partial charge is 0.374 e. The maximum atomic E-state index is 13.8. The lowest BCUT2D eigenvalue weighted by Crippen LogP contribution is -2.52. The highest BCUT2D eigenvalue weighted by Crippen LogP contribution is 2.17. The molecule has 3 nitrogen and oxygen atoms in total. The van der Waals surface area contributed by atoms with E-state index in [0.717, 1.165) is 32.1 Å². The number of hydrogen-bond donors (Lipinski definition) is 1. The molecule has 1 aromatic carbocycles. The zero-order chi connectivity index (χ0) is 15.2. The van der Waals surface area contributed by atoms with Gasteiger partial charge in [0.15, 0.2) is 11.6 Å². The van der Waals surface area contributed by atoms with Crippen molar-refractivity contribution in [3.8, 4) is 0 Å². The van der Waals surface area contributed by atoms with Gasteiger partial charge in [-0.1, -0.05) is 19.1 Å². The monoisotopic (exact) mass is 298 g/mol. The summed E-state index contributed by atoms with van der Waals surface area (Å²) in [5.74, 6) is -1.54. The fourth-order valence-corrected chi connectivity index (χ4v) is 2.86. The lowest BCUT2D eigenvalue weighted by Gasteiger charge is -2.37. The van der Waals surface area contributed by atoms with E-state index in [9.17, 15) is 8.78 Å². The lowest BCUT2D eigenvalue weighted by molar-refractivity contribution is -0.0451. The minimum absolute atomic E-state index is 0.00188. The van der Waals surface area contributed by atoms with Gasteiger partial charge in [0, 0.05) is 19.1 Å². The molecule has 2 atom stereocenters. The zero-order valence-corrected chi connectivity index (χ0v) is 12.7. The second kappa shape index (κ2) is 7.82. The minimum Gasteiger partial charge on any atom is -0.374 e. The fraction of sp³-hybridized carbons (Fsp3) is 0.625. The maximum Gasteiger partial charge on any atom is 0.162 e. The number of rotatable bonds is 6. The van der Waals surface area contributed by atoms with Crippen LogP contribution in [0, 0.1) is 11.6 Å². The molecule has 0 radical (unpaired) electrons. The van der Waals surface area contributed by atoms with Crippen molar-refractivity contribution >= 4 is 0 Å². The van der Waals surface area contributed by atoms with Crippen LogP contribution in [0.15, 0.2) is 18.2 Å². The molecule has 0 aromatic heterocycles. The van der Waals surface area contributed by atoms with Crippen molar-refractivity contribution in [1.29, 1.82) is 0 Å². The molecule has 21 heavy (non-hydrogen) atoms. The Hall–Kier alpha value is -1.04. The summed E-state index contributed by atoms with van der Waals surface area (Å²) in [4.78, 5) is 2.36. The van der Waals surface area contributed by atoms with Gasteiger partial charge in [0.25, 0.3) is 0 Å². The number of hydrogen-bond acceptors (Lipinski definition) is 3. The predicted molar refractivity (Wildman–Crippen MR) is 79.4 cm³/mol. The van der Waals surface area contributed by atoms with Crippen LogP contribution in [0.5, 0.6) is 0 Å². The highest BCUT2D eigenvalue weighted by molar-refractivity contribution is 5.20. The first-order valence-electron chi connectivity index (χ1n) is 7.59. The van der Waals surface area contributed by atoms with E-state index in [-0.39, 0.29) is 12.1 Å². The Balaban J connectivity index is 2.03. The van der Waals surface area contributed by atoms with Crippen LogP contribution in [0.2, 0.25) is 0 Å². The molecule has 0 amide bonds. The molecule has 5 heteroatoms. The summed E-state index contributed by atoms with van der Waals surface area (Å²) in [5.41, 5.74) is 0.394. The zero-order valence-electron chi connectivity index (χ0n) is 12.7. The van der Waals surface area contributed by atoms with Gasteiger partial charge in [-0.05, 0) is 38.1 Å². The van der Waals surface area contributed by atoms with Gasteiger partial charge < -0.3 is 10.1 Å². The van der Waals surface area contributed by atoms with E-state index in [1.54, 1.807) is 12.1 Å². The molecular weight excluding hydrogens is 274 g/mol. The normalized spacial score (nSPS) is 21.4. The molecule has 118 valence electrons. The van der Waals surface area contributed by atoms with Crippen LogP contribution in [0.3, 0.4) is 0 Å². The molecule has 1 aromatic rings. The van der Waals surface area contributed by atoms with Gasteiger partial charge in [0.2, 0.25) is 0 Å². The molecule has 0 aliphatic carbocycles. The molecule has 2 rings (SSSR count). The summed E-state index contributed by atoms with van der Waals surface area (Å²) < 4.78 is 32.9. The number of nitrogens with one attached hydrogen (secondary N) is 1. The SMILES string of the molecule is CCCN1CCOC(C(Cc2cccc(F)c2F)NC)C1. The van der Waals surface area contributed by atoms with Crippen molar-refractivity contribution in [2.75, 3.05) is 33.3 Å². The molecule has 1 saturated heterocycles. The minimum atomic E-state index is -0.792. The van der Waals surface area contributed by atoms with Gasteiger partial charge >= 0.3 is 0 Å². The van der Waals surface area contributed by atoms with E-state index in [1.807, 2.05) is 7.05 Å². The van der Waals surface area contributed by atoms with Crippen LogP contribution in [0.25, 0.3) is 0 Å². The molecule has 0 saturated carbocycles. The molecule has 1 heterocycles. The quantitative estimate of drug-likeness (QED) is 0.871. The van der Waals surface area contributed by atoms with Crippen molar-refractivity contribution in [1.82, 2.24) is 10.2 Å². The highest BCUT2D eigenvalue weighted by Gasteiger charge is 2.28. The molecular formula is C16H24F2N2O. The molecule has 1 fully saturated rings. The Morgan fingerprint density at radius 2 is 2.24 bits per heavy atom. The Labute approximate surface area is 125 Å². The van der Waals surface area contributed by atoms with Gasteiger partial charge in [0.1, 0.15) is 0 Å². The second-order valence-corrected chi connectivity index (χ2v) is 5.52. The molecule has 1 N–H and O–H groups in total. The molecule has 0 bridgehead atoms. The molecule has 1 aliphatic rings. The third kappa shape index (κ3) is 4.22. The molecule has 2 unspecified atom stereocenters. The third-order valence-electron chi connectivity index (χ3n) is 4.01. The maximum absolute atomic E-state index is 13.8. The average Bonchev–Trinajstić information content (AvgIpc) is 2.49. The topological polar surface area (TPSA) is 24.5 Å². The summed E-state index contributed by atoms with van der Waals surface area (Å²) in [7, 11) is 1.84. The van der Waals surface area contributed by atoms with Gasteiger partial charge in [-0.2, -0.15) is 0 Å². The van der Waals surface area contributed by atoms with E-state index in [4.69, 9.17) is 4.74 Å². The number of halogens is 2. The smallest absolute Gasteiger partial charge is 0.162 e. The number of benzene rings is 1. The highest BCUT2D eigenvalue weighted by atomic mass is 19.2. The van der Waals surface area contributed by atoms with E-state index >= 15 is 0 Å². The van der Waals surface area contributed by atoms with Crippen LogP contribution in [0.1, 0.15) is 18.9 Å². The van der Waals surface area contributed by atoms with Crippen LogP contribution < -0.4 is 5.32 Å². The molecule has 0 spiro atoms. The Morgan fingerprint density at radius 1 is 1.43 bits per heavy atom. The van der Waals surface area contributed by atoms with Crippen molar-refractivity contribution in [2.24, 2.45) is 0 Å². The Morgan fingerprint density at radius 3 is 2.95 bits per heavy atom. The first-order valence-corrected chi connectivity index (χ1v) is 7.59. The van der Waals surface area contributed by atoms with Crippen molar-refractivity contribution in [3.63, 3.8) is 0 Å². The van der Waals surface area contributed by atoms with Gasteiger partial charge in [-0.15, -0.1) is 0 Å². The van der Waals surface area contributed by atoms with Crippen molar-refractivity contribution in [3.05, 3.63) is 35.4 Å². The summed E-state index contributed by atoms with van der Waals surface area (Å²) in [6.45, 7) is 5.66. The average molecular weight is 298 g/mol. The third-order valence-corrected chi connectivity index (χ3v) is 4.01. The number of ether oxygens (including phenoxy) is 1. The Bertz CT molecular complexity index is 454. The molecule has 1 aliphatic heterocycles. The Kier molecular flexibility index (Phi) is 6.08. The van der Waals surface area contributed by atoms with Crippen molar-refractivity contribution < 1.29 is 13.5 Å². The number of likely N-dealkylation sites (N-methyl/N-ethyl adjacent to an activating group) is 1. The number of nitrogens with zero attached hydrogens (tertiary/aromatic N) is 1. The van der Waals surface area contributed by atoms with E-state index in [1.165, 1.54) is 0 Å². The van der Waals surface area contributed by atoms with Crippen LogP contribution in [-0.2, 0) is 11.2 Å². The standard InChI is InChI=1S/C16H24F2N2O/c1-3-7-20-8-9-21-15(11-20)14(19-2)10-12-5-4-6-13(17)16(12)18/h4-6,14-15,19H,3,7-11H2,1-2H3. The van der Waals surface area contributed by atoms with Crippen LogP contribution in [0.4, 0.5) is 8.78 Å². The van der Waals surface area contributed by atoms with Crippen LogP contribution in [-0.4, -0.2) is 50.3 Å². The van der Waals surface area contributed by atoms with E-state index < -0.39 is 11.6 Å². The van der Waals surface area contributed by atoms with Gasteiger partial charge in [-0.25, -0.2) is 8.78 Å². The van der Waals surface area contributed by atoms with E-state index in [0.29, 0.717) is 18.6 Å². The van der Waals surface area contributed by atoms with Gasteiger partial charge in [-0.3, -0.25) is 4.90 Å². The lowest BCUT2D eigenvalue weighted by atomic mass is 9.99. The first-order chi connectivity index (χ1) is 10.2. The summed E-state index contributed by atoms with van der Waals surface area (Å²) in [5, 5.41) is 3.19. The first kappa shape index (κ1) is 16.3. The van der Waals surface area contributed by atoms with Gasteiger partial charge in [0.05, 0.1) is 12.7 Å². The second-order valence-electron chi connectivity index (χ2n) is 5.52. The number of morpholine rings is 1. The predicted octanol–water partition coefficient (Wildman–Crippen LogP) is 2.21. The summed E-state index contributed by atoms with van der Waals surface area (Å²) in [6, 6.07) is 4.30. The summed E-state index contributed by atoms with van der Waals surface area (Å²) in [6.07, 6.45) is 1.53. The summed E-state index contributed by atoms with van der Waals surface area (Å²) >= 11 is 0.